The molecule has 0 saturated carbocycles. The Kier molecular flexibility index (Phi) is 4.23. The fraction of sp³-hybridized carbons (Fsp3) is 0.375. The summed E-state index contributed by atoms with van der Waals surface area (Å²) < 4.78 is 0. The zero-order valence-corrected chi connectivity index (χ0v) is 12.2. The molecule has 4 heteroatoms. The van der Waals surface area contributed by atoms with Gasteiger partial charge >= 0.3 is 0 Å². The number of rotatable bonds is 4. The van der Waals surface area contributed by atoms with Crippen LogP contribution in [0, 0.1) is 12.8 Å². The van der Waals surface area contributed by atoms with E-state index in [4.69, 9.17) is 5.73 Å². The van der Waals surface area contributed by atoms with Crippen LogP contribution in [-0.4, -0.2) is 10.9 Å². The van der Waals surface area contributed by atoms with Gasteiger partial charge in [-0.05, 0) is 43.5 Å². The molecule has 0 aliphatic rings. The third kappa shape index (κ3) is 3.47. The summed E-state index contributed by atoms with van der Waals surface area (Å²) in [6.45, 7) is 6.13. The SMILES string of the molecule is Cc1cc(N)c2cc(NC(=O)CCC(C)C)ccc2n1. The number of fused-ring (bicyclic) bond motifs is 1. The van der Waals surface area contributed by atoms with Gasteiger partial charge in [-0.1, -0.05) is 13.8 Å². The first-order valence-electron chi connectivity index (χ1n) is 6.92. The highest BCUT2D eigenvalue weighted by Gasteiger charge is 2.06. The van der Waals surface area contributed by atoms with Gasteiger partial charge in [-0.2, -0.15) is 0 Å². The maximum atomic E-state index is 11.8. The number of pyridine rings is 1. The Morgan fingerprint density at radius 2 is 2.10 bits per heavy atom. The molecule has 0 aliphatic heterocycles. The van der Waals surface area contributed by atoms with E-state index in [-0.39, 0.29) is 5.91 Å². The van der Waals surface area contributed by atoms with Gasteiger partial charge in [-0.15, -0.1) is 0 Å². The van der Waals surface area contributed by atoms with Crippen molar-refractivity contribution in [1.29, 1.82) is 0 Å². The fourth-order valence-corrected chi connectivity index (χ4v) is 2.11. The van der Waals surface area contributed by atoms with Crippen LogP contribution in [0.5, 0.6) is 0 Å². The number of nitrogen functional groups attached to an aromatic ring is 1. The second-order valence-electron chi connectivity index (χ2n) is 5.57. The second kappa shape index (κ2) is 5.90. The Hall–Kier alpha value is -2.10. The lowest BCUT2D eigenvalue weighted by atomic mass is 10.1. The summed E-state index contributed by atoms with van der Waals surface area (Å²) in [7, 11) is 0. The molecule has 0 spiro atoms. The molecule has 1 aromatic carbocycles. The molecule has 1 heterocycles. The maximum absolute atomic E-state index is 11.8. The van der Waals surface area contributed by atoms with Gasteiger partial charge in [0.15, 0.2) is 0 Å². The normalized spacial score (nSPS) is 11.0. The topological polar surface area (TPSA) is 68.0 Å². The smallest absolute Gasteiger partial charge is 0.224 e. The van der Waals surface area contributed by atoms with Crippen molar-refractivity contribution in [2.75, 3.05) is 11.1 Å². The second-order valence-corrected chi connectivity index (χ2v) is 5.57. The van der Waals surface area contributed by atoms with Crippen LogP contribution in [0.2, 0.25) is 0 Å². The third-order valence-electron chi connectivity index (χ3n) is 3.20. The average molecular weight is 271 g/mol. The number of anilines is 2. The van der Waals surface area contributed by atoms with E-state index in [1.807, 2.05) is 31.2 Å². The van der Waals surface area contributed by atoms with Crippen molar-refractivity contribution < 1.29 is 4.79 Å². The highest BCUT2D eigenvalue weighted by atomic mass is 16.1. The van der Waals surface area contributed by atoms with E-state index in [9.17, 15) is 4.79 Å². The summed E-state index contributed by atoms with van der Waals surface area (Å²) in [6, 6.07) is 7.47. The highest BCUT2D eigenvalue weighted by molar-refractivity contribution is 5.97. The lowest BCUT2D eigenvalue weighted by Gasteiger charge is -2.09. The van der Waals surface area contributed by atoms with Crippen molar-refractivity contribution in [3.8, 4) is 0 Å². The summed E-state index contributed by atoms with van der Waals surface area (Å²) in [5.74, 6) is 0.567. The number of amides is 1. The molecule has 0 bridgehead atoms. The van der Waals surface area contributed by atoms with E-state index in [1.54, 1.807) is 0 Å². The number of carbonyl (C=O) groups excluding carboxylic acids is 1. The number of hydrogen-bond acceptors (Lipinski definition) is 3. The number of nitrogens with one attached hydrogen (secondary N) is 1. The summed E-state index contributed by atoms with van der Waals surface area (Å²) in [5, 5.41) is 3.78. The Labute approximate surface area is 119 Å². The maximum Gasteiger partial charge on any atom is 0.224 e. The molecule has 0 aliphatic carbocycles. The molecule has 4 nitrogen and oxygen atoms in total. The molecule has 2 rings (SSSR count). The molecule has 2 aromatic rings. The molecule has 106 valence electrons. The summed E-state index contributed by atoms with van der Waals surface area (Å²) in [5.41, 5.74) is 9.20. The summed E-state index contributed by atoms with van der Waals surface area (Å²) >= 11 is 0. The van der Waals surface area contributed by atoms with Crippen LogP contribution in [0.15, 0.2) is 24.3 Å². The van der Waals surface area contributed by atoms with Crippen molar-refractivity contribution in [3.05, 3.63) is 30.0 Å². The number of aryl methyl sites for hydroxylation is 1. The van der Waals surface area contributed by atoms with Crippen molar-refractivity contribution in [2.45, 2.75) is 33.6 Å². The first-order valence-corrected chi connectivity index (χ1v) is 6.92. The number of nitrogens with two attached hydrogens (primary N) is 1. The van der Waals surface area contributed by atoms with Gasteiger partial charge in [0.1, 0.15) is 0 Å². The van der Waals surface area contributed by atoms with Crippen molar-refractivity contribution in [2.24, 2.45) is 5.92 Å². The first kappa shape index (κ1) is 14.3. The number of hydrogen-bond donors (Lipinski definition) is 2. The molecule has 0 atom stereocenters. The number of carbonyl (C=O) groups is 1. The number of aromatic nitrogens is 1. The molecule has 0 radical (unpaired) electrons. The largest absolute Gasteiger partial charge is 0.398 e. The minimum absolute atomic E-state index is 0.0386. The van der Waals surface area contributed by atoms with Crippen LogP contribution in [0.1, 0.15) is 32.4 Å². The minimum Gasteiger partial charge on any atom is -0.398 e. The molecular formula is C16H21N3O. The van der Waals surface area contributed by atoms with E-state index in [0.717, 1.165) is 28.7 Å². The fourth-order valence-electron chi connectivity index (χ4n) is 2.11. The molecule has 0 unspecified atom stereocenters. The van der Waals surface area contributed by atoms with Gasteiger partial charge in [0.05, 0.1) is 5.52 Å². The predicted molar refractivity (Wildman–Crippen MR) is 83.6 cm³/mol. The standard InChI is InChI=1S/C16H21N3O/c1-10(2)4-7-16(20)19-12-5-6-15-13(9-12)14(17)8-11(3)18-15/h5-6,8-10H,4,7H2,1-3H3,(H2,17,18)(H,19,20). The van der Waals surface area contributed by atoms with Gasteiger partial charge < -0.3 is 11.1 Å². The van der Waals surface area contributed by atoms with Crippen LogP contribution in [0.3, 0.4) is 0 Å². The van der Waals surface area contributed by atoms with Crippen LogP contribution >= 0.6 is 0 Å². The van der Waals surface area contributed by atoms with Gasteiger partial charge in [-0.25, -0.2) is 0 Å². The lowest BCUT2D eigenvalue weighted by molar-refractivity contribution is -0.116. The monoisotopic (exact) mass is 271 g/mol. The predicted octanol–water partition coefficient (Wildman–Crippen LogP) is 3.50. The molecule has 1 aromatic heterocycles. The molecule has 0 saturated heterocycles. The number of benzene rings is 1. The van der Waals surface area contributed by atoms with E-state index in [2.05, 4.69) is 24.1 Å². The van der Waals surface area contributed by atoms with Gasteiger partial charge in [0.2, 0.25) is 5.91 Å². The molecular weight excluding hydrogens is 250 g/mol. The Balaban J connectivity index is 2.18. The van der Waals surface area contributed by atoms with Gasteiger partial charge in [0.25, 0.3) is 0 Å². The van der Waals surface area contributed by atoms with Gasteiger partial charge in [-0.3, -0.25) is 9.78 Å². The Morgan fingerprint density at radius 1 is 1.35 bits per heavy atom. The first-order chi connectivity index (χ1) is 9.45. The third-order valence-corrected chi connectivity index (χ3v) is 3.20. The van der Waals surface area contributed by atoms with Crippen LogP contribution in [0.4, 0.5) is 11.4 Å². The van der Waals surface area contributed by atoms with Crippen molar-refractivity contribution in [3.63, 3.8) is 0 Å². The van der Waals surface area contributed by atoms with E-state index in [1.165, 1.54) is 0 Å². The molecule has 1 amide bonds. The zero-order valence-electron chi connectivity index (χ0n) is 12.2. The van der Waals surface area contributed by atoms with E-state index >= 15 is 0 Å². The zero-order chi connectivity index (χ0) is 14.7. The lowest BCUT2D eigenvalue weighted by Crippen LogP contribution is -2.12. The Morgan fingerprint density at radius 3 is 2.80 bits per heavy atom. The molecule has 0 fully saturated rings. The van der Waals surface area contributed by atoms with Crippen LogP contribution < -0.4 is 11.1 Å². The van der Waals surface area contributed by atoms with E-state index < -0.39 is 0 Å². The van der Waals surface area contributed by atoms with E-state index in [0.29, 0.717) is 18.0 Å². The van der Waals surface area contributed by atoms with Gasteiger partial charge in [0, 0.05) is 28.9 Å². The van der Waals surface area contributed by atoms with Crippen LogP contribution in [-0.2, 0) is 4.79 Å². The minimum atomic E-state index is 0.0386. The average Bonchev–Trinajstić information content (AvgIpc) is 2.37. The highest BCUT2D eigenvalue weighted by Crippen LogP contribution is 2.24. The van der Waals surface area contributed by atoms with Crippen molar-refractivity contribution >= 4 is 28.2 Å². The molecule has 20 heavy (non-hydrogen) atoms. The number of nitrogens with zero attached hydrogens (tertiary/aromatic N) is 1. The quantitative estimate of drug-likeness (QED) is 0.894. The van der Waals surface area contributed by atoms with Crippen LogP contribution in [0.25, 0.3) is 10.9 Å². The van der Waals surface area contributed by atoms with Crippen molar-refractivity contribution in [1.82, 2.24) is 4.98 Å². The molecule has 3 N–H and O–H groups in total. The summed E-state index contributed by atoms with van der Waals surface area (Å²) in [4.78, 5) is 16.3. The Bertz CT molecular complexity index is 635. The summed E-state index contributed by atoms with van der Waals surface area (Å²) in [6.07, 6.45) is 1.43.